The monoisotopic (exact) mass is 250 g/mol. The lowest BCUT2D eigenvalue weighted by molar-refractivity contribution is 0.0641. The minimum Gasteiger partial charge on any atom is -0.469 e. The Labute approximate surface area is 108 Å². The molecule has 100 valence electrons. The zero-order valence-electron chi connectivity index (χ0n) is 11.2. The molecule has 4 heteroatoms. The maximum absolute atomic E-state index is 12.6. The van der Waals surface area contributed by atoms with E-state index in [1.165, 1.54) is 0 Å². The highest BCUT2D eigenvalue weighted by molar-refractivity contribution is 5.95. The Hall–Kier alpha value is -1.29. The molecule has 0 unspecified atom stereocenters. The van der Waals surface area contributed by atoms with Gasteiger partial charge in [0.15, 0.2) is 0 Å². The second kappa shape index (κ2) is 6.05. The summed E-state index contributed by atoms with van der Waals surface area (Å²) in [4.78, 5) is 14.6. The summed E-state index contributed by atoms with van der Waals surface area (Å²) in [6.45, 7) is 6.79. The predicted octanol–water partition coefficient (Wildman–Crippen LogP) is 2.19. The third kappa shape index (κ3) is 2.75. The number of furan rings is 1. The maximum atomic E-state index is 12.6. The number of rotatable bonds is 4. The van der Waals surface area contributed by atoms with Crippen LogP contribution in [0.15, 0.2) is 16.7 Å². The first-order valence-corrected chi connectivity index (χ1v) is 6.79. The standard InChI is InChI=1S/C14H22N2O2/c1-3-9-16(12-4-7-15-8-5-12)14(17)13-6-10-18-11(13)2/h6,10,12,15H,3-5,7-9H2,1-2H3. The average Bonchev–Trinajstić information content (AvgIpc) is 2.82. The van der Waals surface area contributed by atoms with E-state index >= 15 is 0 Å². The van der Waals surface area contributed by atoms with Crippen LogP contribution in [0.25, 0.3) is 0 Å². The third-order valence-electron chi connectivity index (χ3n) is 3.56. The molecule has 0 saturated carbocycles. The van der Waals surface area contributed by atoms with Gasteiger partial charge in [0.2, 0.25) is 0 Å². The molecular weight excluding hydrogens is 228 g/mol. The Bertz CT molecular complexity index is 394. The van der Waals surface area contributed by atoms with Gasteiger partial charge in [-0.3, -0.25) is 4.79 Å². The molecule has 0 bridgehead atoms. The van der Waals surface area contributed by atoms with Crippen LogP contribution >= 0.6 is 0 Å². The Morgan fingerprint density at radius 2 is 2.22 bits per heavy atom. The molecule has 1 aliphatic heterocycles. The Kier molecular flexibility index (Phi) is 4.42. The molecule has 1 N–H and O–H groups in total. The van der Waals surface area contributed by atoms with Gasteiger partial charge in [-0.05, 0) is 45.3 Å². The van der Waals surface area contributed by atoms with Crippen molar-refractivity contribution in [1.82, 2.24) is 10.2 Å². The summed E-state index contributed by atoms with van der Waals surface area (Å²) in [7, 11) is 0. The van der Waals surface area contributed by atoms with E-state index in [-0.39, 0.29) is 5.91 Å². The summed E-state index contributed by atoms with van der Waals surface area (Å²) in [6, 6.07) is 2.15. The maximum Gasteiger partial charge on any atom is 0.257 e. The largest absolute Gasteiger partial charge is 0.469 e. The van der Waals surface area contributed by atoms with Gasteiger partial charge in [0.05, 0.1) is 11.8 Å². The number of carbonyl (C=O) groups is 1. The van der Waals surface area contributed by atoms with E-state index < -0.39 is 0 Å². The van der Waals surface area contributed by atoms with Crippen molar-refractivity contribution < 1.29 is 9.21 Å². The van der Waals surface area contributed by atoms with E-state index in [0.717, 1.165) is 44.7 Å². The summed E-state index contributed by atoms with van der Waals surface area (Å²) >= 11 is 0. The smallest absolute Gasteiger partial charge is 0.257 e. The SMILES string of the molecule is CCCN(C(=O)c1ccoc1C)C1CCNCC1. The highest BCUT2D eigenvalue weighted by Crippen LogP contribution is 2.18. The van der Waals surface area contributed by atoms with E-state index in [4.69, 9.17) is 4.42 Å². The number of amides is 1. The lowest BCUT2D eigenvalue weighted by atomic mass is 10.0. The fourth-order valence-corrected chi connectivity index (χ4v) is 2.57. The molecule has 2 rings (SSSR count). The summed E-state index contributed by atoms with van der Waals surface area (Å²) in [5.41, 5.74) is 0.710. The van der Waals surface area contributed by atoms with Crippen LogP contribution in [0.5, 0.6) is 0 Å². The van der Waals surface area contributed by atoms with E-state index in [1.807, 2.05) is 11.8 Å². The quantitative estimate of drug-likeness (QED) is 0.891. The first-order chi connectivity index (χ1) is 8.74. The number of piperidine rings is 1. The van der Waals surface area contributed by atoms with Crippen LogP contribution in [-0.2, 0) is 0 Å². The number of aryl methyl sites for hydroxylation is 1. The molecule has 0 radical (unpaired) electrons. The van der Waals surface area contributed by atoms with Gasteiger partial charge >= 0.3 is 0 Å². The normalized spacial score (nSPS) is 16.8. The summed E-state index contributed by atoms with van der Waals surface area (Å²) in [6.07, 6.45) is 4.67. The van der Waals surface area contributed by atoms with Gasteiger partial charge in [0, 0.05) is 12.6 Å². The summed E-state index contributed by atoms with van der Waals surface area (Å²) in [5, 5.41) is 3.34. The molecule has 1 aliphatic rings. The van der Waals surface area contributed by atoms with Crippen molar-refractivity contribution in [2.24, 2.45) is 0 Å². The predicted molar refractivity (Wildman–Crippen MR) is 70.7 cm³/mol. The van der Waals surface area contributed by atoms with Crippen LogP contribution in [0.2, 0.25) is 0 Å². The van der Waals surface area contributed by atoms with Crippen molar-refractivity contribution in [3.63, 3.8) is 0 Å². The van der Waals surface area contributed by atoms with Crippen molar-refractivity contribution in [1.29, 1.82) is 0 Å². The zero-order valence-corrected chi connectivity index (χ0v) is 11.2. The van der Waals surface area contributed by atoms with Crippen molar-refractivity contribution in [2.75, 3.05) is 19.6 Å². The summed E-state index contributed by atoms with van der Waals surface area (Å²) in [5.74, 6) is 0.838. The molecule has 1 fully saturated rings. The first-order valence-electron chi connectivity index (χ1n) is 6.79. The minimum absolute atomic E-state index is 0.120. The molecule has 18 heavy (non-hydrogen) atoms. The van der Waals surface area contributed by atoms with E-state index in [1.54, 1.807) is 12.3 Å². The van der Waals surface area contributed by atoms with Crippen molar-refractivity contribution in [3.05, 3.63) is 23.7 Å². The number of nitrogens with one attached hydrogen (secondary N) is 1. The number of hydrogen-bond donors (Lipinski definition) is 1. The number of hydrogen-bond acceptors (Lipinski definition) is 3. The third-order valence-corrected chi connectivity index (χ3v) is 3.56. The molecule has 4 nitrogen and oxygen atoms in total. The highest BCUT2D eigenvalue weighted by atomic mass is 16.3. The topological polar surface area (TPSA) is 45.5 Å². The van der Waals surface area contributed by atoms with Gasteiger partial charge < -0.3 is 14.6 Å². The van der Waals surface area contributed by atoms with Crippen molar-refractivity contribution >= 4 is 5.91 Å². The van der Waals surface area contributed by atoms with Crippen molar-refractivity contribution in [3.8, 4) is 0 Å². The molecule has 2 heterocycles. The molecular formula is C14H22N2O2. The van der Waals surface area contributed by atoms with Crippen LogP contribution in [0, 0.1) is 6.92 Å². The first kappa shape index (κ1) is 13.1. The number of nitrogens with zero attached hydrogens (tertiary/aromatic N) is 1. The summed E-state index contributed by atoms with van der Waals surface area (Å²) < 4.78 is 5.24. The minimum atomic E-state index is 0.120. The van der Waals surface area contributed by atoms with E-state index in [0.29, 0.717) is 11.6 Å². The van der Waals surface area contributed by atoms with E-state index in [9.17, 15) is 4.79 Å². The van der Waals surface area contributed by atoms with E-state index in [2.05, 4.69) is 12.2 Å². The lowest BCUT2D eigenvalue weighted by Crippen LogP contribution is -2.46. The van der Waals surface area contributed by atoms with Gasteiger partial charge in [-0.2, -0.15) is 0 Å². The van der Waals surface area contributed by atoms with Gasteiger partial charge in [-0.1, -0.05) is 6.92 Å². The molecule has 1 aromatic heterocycles. The van der Waals surface area contributed by atoms with Crippen LogP contribution in [0.3, 0.4) is 0 Å². The second-order valence-electron chi connectivity index (χ2n) is 4.87. The Morgan fingerprint density at radius 1 is 1.50 bits per heavy atom. The van der Waals surface area contributed by atoms with Crippen LogP contribution in [-0.4, -0.2) is 36.5 Å². The fraction of sp³-hybridized carbons (Fsp3) is 0.643. The van der Waals surface area contributed by atoms with Crippen LogP contribution < -0.4 is 5.32 Å². The molecule has 1 aromatic rings. The van der Waals surface area contributed by atoms with Crippen LogP contribution in [0.1, 0.15) is 42.3 Å². The molecule has 0 atom stereocenters. The zero-order chi connectivity index (χ0) is 13.0. The Morgan fingerprint density at radius 3 is 2.78 bits per heavy atom. The highest BCUT2D eigenvalue weighted by Gasteiger charge is 2.26. The fourth-order valence-electron chi connectivity index (χ4n) is 2.57. The molecule has 1 saturated heterocycles. The second-order valence-corrected chi connectivity index (χ2v) is 4.87. The van der Waals surface area contributed by atoms with Gasteiger partial charge in [0.25, 0.3) is 5.91 Å². The molecule has 0 aliphatic carbocycles. The van der Waals surface area contributed by atoms with Gasteiger partial charge in [-0.15, -0.1) is 0 Å². The lowest BCUT2D eigenvalue weighted by Gasteiger charge is -2.34. The van der Waals surface area contributed by atoms with Crippen LogP contribution in [0.4, 0.5) is 0 Å². The average molecular weight is 250 g/mol. The van der Waals surface area contributed by atoms with Crippen molar-refractivity contribution in [2.45, 2.75) is 39.2 Å². The van der Waals surface area contributed by atoms with Gasteiger partial charge in [0.1, 0.15) is 5.76 Å². The molecule has 0 aromatic carbocycles. The van der Waals surface area contributed by atoms with Gasteiger partial charge in [-0.25, -0.2) is 0 Å². The number of carbonyl (C=O) groups excluding carboxylic acids is 1. The Balaban J connectivity index is 2.13. The molecule has 0 spiro atoms. The molecule has 1 amide bonds.